The summed E-state index contributed by atoms with van der Waals surface area (Å²) in [6.45, 7) is 5.57. The Labute approximate surface area is 297 Å². The molecule has 0 radical (unpaired) electrons. The van der Waals surface area contributed by atoms with Gasteiger partial charge in [0.15, 0.2) is 0 Å². The van der Waals surface area contributed by atoms with Crippen molar-refractivity contribution >= 4 is 41.1 Å². The van der Waals surface area contributed by atoms with Crippen LogP contribution in [0.25, 0.3) is 0 Å². The van der Waals surface area contributed by atoms with Crippen LogP contribution in [0.1, 0.15) is 43.1 Å². The zero-order valence-corrected chi connectivity index (χ0v) is 29.4. The minimum atomic E-state index is -1.32. The number of para-hydroxylation sites is 1. The number of rotatable bonds is 8. The second-order valence-corrected chi connectivity index (χ2v) is 12.9. The van der Waals surface area contributed by atoms with E-state index in [9.17, 15) is 24.0 Å². The number of hydrogen-bond donors (Lipinski definition) is 4. The Morgan fingerprint density at radius 2 is 1.62 bits per heavy atom. The number of carbonyl (C=O) groups excluding carboxylic acids is 5. The highest BCUT2D eigenvalue weighted by atomic mass is 35.5. The van der Waals surface area contributed by atoms with Crippen LogP contribution in [0, 0.1) is 5.92 Å². The van der Waals surface area contributed by atoms with Crippen LogP contribution >= 0.6 is 11.6 Å². The molecule has 3 aromatic carbocycles. The van der Waals surface area contributed by atoms with Gasteiger partial charge in [-0.15, -0.1) is 0 Å². The minimum absolute atomic E-state index is 0.0180. The lowest BCUT2D eigenvalue weighted by Crippen LogP contribution is -2.58. The van der Waals surface area contributed by atoms with Crippen molar-refractivity contribution in [1.29, 1.82) is 0 Å². The first-order valence-electron chi connectivity index (χ1n) is 16.5. The highest BCUT2D eigenvalue weighted by Crippen LogP contribution is 2.20. The lowest BCUT2D eigenvalue weighted by molar-refractivity contribution is -0.141. The second-order valence-electron chi connectivity index (χ2n) is 12.5. The Morgan fingerprint density at radius 1 is 0.940 bits per heavy atom. The van der Waals surface area contributed by atoms with Crippen LogP contribution in [0.2, 0.25) is 5.02 Å². The van der Waals surface area contributed by atoms with Gasteiger partial charge >= 0.3 is 0 Å². The van der Waals surface area contributed by atoms with Gasteiger partial charge in [0.05, 0.1) is 24.6 Å². The van der Waals surface area contributed by atoms with Gasteiger partial charge in [0.25, 0.3) is 5.91 Å². The maximum absolute atomic E-state index is 13.9. The number of nitrogens with zero attached hydrogens (tertiary/aromatic N) is 1. The van der Waals surface area contributed by atoms with E-state index in [0.717, 1.165) is 5.56 Å². The molecule has 1 aliphatic heterocycles. The molecule has 3 aromatic rings. The fourth-order valence-electron chi connectivity index (χ4n) is 5.33. The van der Waals surface area contributed by atoms with Gasteiger partial charge in [-0.1, -0.05) is 67.9 Å². The molecule has 12 nitrogen and oxygen atoms in total. The molecule has 266 valence electrons. The summed E-state index contributed by atoms with van der Waals surface area (Å²) in [6, 6.07) is 18.6. The second kappa shape index (κ2) is 18.1. The van der Waals surface area contributed by atoms with Crippen LogP contribution in [0.3, 0.4) is 0 Å². The molecule has 0 saturated heterocycles. The third kappa shape index (κ3) is 10.7. The van der Waals surface area contributed by atoms with Crippen molar-refractivity contribution < 1.29 is 33.4 Å². The molecule has 50 heavy (non-hydrogen) atoms. The molecular weight excluding hydrogens is 662 g/mol. The van der Waals surface area contributed by atoms with E-state index in [1.54, 1.807) is 49.4 Å². The first-order chi connectivity index (χ1) is 23.9. The van der Waals surface area contributed by atoms with E-state index in [4.69, 9.17) is 21.1 Å². The van der Waals surface area contributed by atoms with Gasteiger partial charge in [0.1, 0.15) is 42.8 Å². The Balaban J connectivity index is 1.63. The summed E-state index contributed by atoms with van der Waals surface area (Å²) in [5.74, 6) is -2.30. The lowest BCUT2D eigenvalue weighted by atomic mass is 9.99. The van der Waals surface area contributed by atoms with Crippen molar-refractivity contribution in [3.05, 3.63) is 95.0 Å². The molecule has 1 aliphatic rings. The summed E-state index contributed by atoms with van der Waals surface area (Å²) >= 11 is 5.94. The highest BCUT2D eigenvalue weighted by molar-refractivity contribution is 6.30. The van der Waals surface area contributed by atoms with E-state index in [1.165, 1.54) is 18.0 Å². The lowest BCUT2D eigenvalue weighted by Gasteiger charge is -2.31. The highest BCUT2D eigenvalue weighted by Gasteiger charge is 2.35. The fourth-order valence-corrected chi connectivity index (χ4v) is 5.46. The van der Waals surface area contributed by atoms with Gasteiger partial charge in [0, 0.05) is 18.5 Å². The van der Waals surface area contributed by atoms with Gasteiger partial charge in [-0.2, -0.15) is 0 Å². The largest absolute Gasteiger partial charge is 0.492 e. The Kier molecular flexibility index (Phi) is 13.6. The molecule has 0 spiro atoms. The van der Waals surface area contributed by atoms with Crippen LogP contribution < -0.4 is 30.7 Å². The van der Waals surface area contributed by atoms with E-state index in [1.807, 2.05) is 44.2 Å². The quantitative estimate of drug-likeness (QED) is 0.263. The van der Waals surface area contributed by atoms with Gasteiger partial charge in [-0.25, -0.2) is 0 Å². The summed E-state index contributed by atoms with van der Waals surface area (Å²) in [6.07, 6.45) is -0.316. The summed E-state index contributed by atoms with van der Waals surface area (Å²) in [7, 11) is 1.47. The Hall–Kier alpha value is -5.10. The summed E-state index contributed by atoms with van der Waals surface area (Å²) < 4.78 is 11.6. The zero-order chi connectivity index (χ0) is 36.2. The third-order valence-electron chi connectivity index (χ3n) is 8.18. The van der Waals surface area contributed by atoms with Gasteiger partial charge < -0.3 is 35.6 Å². The first kappa shape index (κ1) is 37.7. The van der Waals surface area contributed by atoms with Crippen molar-refractivity contribution in [3.63, 3.8) is 0 Å². The molecule has 1 heterocycles. The van der Waals surface area contributed by atoms with Crippen molar-refractivity contribution in [2.24, 2.45) is 5.92 Å². The van der Waals surface area contributed by atoms with E-state index < -0.39 is 60.1 Å². The van der Waals surface area contributed by atoms with Crippen LogP contribution in [0.4, 0.5) is 0 Å². The maximum atomic E-state index is 13.9. The number of halogens is 1. The maximum Gasteiger partial charge on any atom is 0.255 e. The average molecular weight is 706 g/mol. The van der Waals surface area contributed by atoms with Crippen molar-refractivity contribution in [2.45, 2.75) is 57.8 Å². The van der Waals surface area contributed by atoms with E-state index in [-0.39, 0.29) is 43.4 Å². The number of carbonyl (C=O) groups is 5. The van der Waals surface area contributed by atoms with Crippen molar-refractivity contribution in [1.82, 2.24) is 26.2 Å². The number of likely N-dealkylation sites (N-methyl/N-ethyl adjacent to an activating group) is 1. The van der Waals surface area contributed by atoms with Crippen LogP contribution in [-0.2, 0) is 25.6 Å². The molecule has 4 N–H and O–H groups in total. The molecule has 0 aliphatic carbocycles. The number of ether oxygens (including phenoxy) is 2. The molecular formula is C37H44ClN5O7. The summed E-state index contributed by atoms with van der Waals surface area (Å²) in [4.78, 5) is 69.7. The van der Waals surface area contributed by atoms with E-state index >= 15 is 0 Å². The van der Waals surface area contributed by atoms with E-state index in [2.05, 4.69) is 21.3 Å². The Bertz CT molecular complexity index is 1640. The standard InChI is InChI=1S/C37H44ClN5O7/c1-23(2)33-37(48)40-24(3)22-50-31-13-9-8-12-28(31)34(45)41-29(35(46)39-18-19-49-27-16-14-26(38)15-17-27)21-32(44)43(4)30(36(47)42-33)20-25-10-6-5-7-11-25/h5-17,23-24,29-30,33H,18-22H2,1-4H3,(H,39,46)(H,40,48)(H,41,45)(H,42,47)/t24-,29-,30-,33+/m0/s1. The van der Waals surface area contributed by atoms with Gasteiger partial charge in [0.2, 0.25) is 23.6 Å². The predicted molar refractivity (Wildman–Crippen MR) is 189 cm³/mol. The van der Waals surface area contributed by atoms with Gasteiger partial charge in [-0.3, -0.25) is 24.0 Å². The summed E-state index contributed by atoms with van der Waals surface area (Å²) in [5.41, 5.74) is 0.924. The number of hydrogen-bond acceptors (Lipinski definition) is 7. The molecule has 13 heteroatoms. The Morgan fingerprint density at radius 3 is 2.32 bits per heavy atom. The number of amides is 5. The minimum Gasteiger partial charge on any atom is -0.492 e. The van der Waals surface area contributed by atoms with Crippen LogP contribution in [-0.4, -0.2) is 85.4 Å². The predicted octanol–water partition coefficient (Wildman–Crippen LogP) is 3.13. The van der Waals surface area contributed by atoms with Gasteiger partial charge in [-0.05, 0) is 54.8 Å². The summed E-state index contributed by atoms with van der Waals surface area (Å²) in [5, 5.41) is 11.7. The number of benzene rings is 3. The molecule has 0 aromatic heterocycles. The number of fused-ring (bicyclic) bond motifs is 1. The normalized spacial score (nSPS) is 20.8. The smallest absolute Gasteiger partial charge is 0.255 e. The topological polar surface area (TPSA) is 155 Å². The zero-order valence-electron chi connectivity index (χ0n) is 28.6. The third-order valence-corrected chi connectivity index (χ3v) is 8.43. The molecule has 5 amide bonds. The van der Waals surface area contributed by atoms with Crippen LogP contribution in [0.5, 0.6) is 11.5 Å². The molecule has 0 saturated carbocycles. The average Bonchev–Trinajstić information content (AvgIpc) is 3.10. The molecule has 0 fully saturated rings. The number of nitrogens with one attached hydrogen (secondary N) is 4. The van der Waals surface area contributed by atoms with Crippen molar-refractivity contribution in [2.75, 3.05) is 26.8 Å². The van der Waals surface area contributed by atoms with Crippen LogP contribution in [0.15, 0.2) is 78.9 Å². The van der Waals surface area contributed by atoms with Crippen molar-refractivity contribution in [3.8, 4) is 11.5 Å². The molecule has 0 bridgehead atoms. The SMILES string of the molecule is CC(C)[C@H]1NC(=O)[C@H](Cc2ccccc2)N(C)C(=O)C[C@@H](C(=O)NCCOc2ccc(Cl)cc2)NC(=O)c2ccccc2OC[C@H](C)NC1=O. The van der Waals surface area contributed by atoms with E-state index in [0.29, 0.717) is 10.8 Å². The monoisotopic (exact) mass is 705 g/mol. The first-order valence-corrected chi connectivity index (χ1v) is 16.9. The fraction of sp³-hybridized carbons (Fsp3) is 0.378. The molecule has 4 atom stereocenters. The molecule has 0 unspecified atom stereocenters. The molecule has 4 rings (SSSR count).